The first-order valence-corrected chi connectivity index (χ1v) is 8.87. The molecule has 1 saturated heterocycles. The summed E-state index contributed by atoms with van der Waals surface area (Å²) in [5, 5.41) is 16.0. The number of carbonyl (C=O) groups is 1. The third-order valence-electron chi connectivity index (χ3n) is 4.65. The van der Waals surface area contributed by atoms with Crippen LogP contribution in [0.25, 0.3) is 16.9 Å². The van der Waals surface area contributed by atoms with Crippen molar-refractivity contribution in [2.45, 2.75) is 25.3 Å². The molecule has 0 aliphatic carbocycles. The van der Waals surface area contributed by atoms with E-state index in [1.165, 1.54) is 0 Å². The monoisotopic (exact) mass is 380 g/mol. The number of nitrogens with zero attached hydrogens (tertiary/aromatic N) is 7. The van der Waals surface area contributed by atoms with Gasteiger partial charge in [-0.2, -0.15) is 10.4 Å². The summed E-state index contributed by atoms with van der Waals surface area (Å²) in [7, 11) is 0. The van der Waals surface area contributed by atoms with Crippen LogP contribution in [0.5, 0.6) is 0 Å². The summed E-state index contributed by atoms with van der Waals surface area (Å²) in [6.07, 6.45) is 9.08. The number of hydrogen-bond acceptors (Lipinski definition) is 7. The summed E-state index contributed by atoms with van der Waals surface area (Å²) in [5.41, 5.74) is 1.36. The van der Waals surface area contributed by atoms with Gasteiger partial charge in [-0.25, -0.2) is 18.9 Å². The van der Waals surface area contributed by atoms with Gasteiger partial charge in [-0.15, -0.1) is 0 Å². The summed E-state index contributed by atoms with van der Waals surface area (Å²) < 4.78 is 16.0. The molecular formula is C18H17FN8O. The fourth-order valence-electron chi connectivity index (χ4n) is 3.30. The normalized spacial score (nSPS) is 16.7. The van der Waals surface area contributed by atoms with Gasteiger partial charge in [0.05, 0.1) is 35.7 Å². The smallest absolute Gasteiger partial charge is 0.236 e. The molecule has 0 aromatic carbocycles. The molecule has 1 amide bonds. The van der Waals surface area contributed by atoms with E-state index >= 15 is 0 Å². The quantitative estimate of drug-likeness (QED) is 0.732. The third kappa shape index (κ3) is 3.46. The molecule has 142 valence electrons. The second kappa shape index (κ2) is 7.56. The molecule has 9 nitrogen and oxygen atoms in total. The van der Waals surface area contributed by atoms with E-state index in [0.717, 1.165) is 19.0 Å². The van der Waals surface area contributed by atoms with Crippen LogP contribution in [0.4, 0.5) is 10.2 Å². The number of carbonyl (C=O) groups excluding carboxylic acids is 1. The third-order valence-corrected chi connectivity index (χ3v) is 4.65. The Labute approximate surface area is 159 Å². The van der Waals surface area contributed by atoms with Crippen LogP contribution in [0, 0.1) is 17.1 Å². The minimum atomic E-state index is -0.571. The minimum Gasteiger partial charge on any atom is -0.363 e. The van der Waals surface area contributed by atoms with Crippen molar-refractivity contribution in [2.24, 2.45) is 0 Å². The van der Waals surface area contributed by atoms with Crippen molar-refractivity contribution in [1.82, 2.24) is 29.5 Å². The molecule has 1 aliphatic rings. The average Bonchev–Trinajstić information content (AvgIpc) is 3.14. The molecule has 0 spiro atoms. The van der Waals surface area contributed by atoms with Gasteiger partial charge in [0.2, 0.25) is 5.91 Å². The van der Waals surface area contributed by atoms with Crippen LogP contribution in [0.3, 0.4) is 0 Å². The molecule has 0 saturated carbocycles. The number of likely N-dealkylation sites (tertiary alicyclic amines) is 1. The van der Waals surface area contributed by atoms with Crippen LogP contribution in [0.2, 0.25) is 0 Å². The lowest BCUT2D eigenvalue weighted by molar-refractivity contribution is -0.131. The van der Waals surface area contributed by atoms with Crippen molar-refractivity contribution < 1.29 is 9.18 Å². The number of nitrogens with one attached hydrogen (secondary N) is 1. The van der Waals surface area contributed by atoms with Crippen LogP contribution in [0.15, 0.2) is 31.0 Å². The molecule has 4 heterocycles. The number of rotatable bonds is 4. The van der Waals surface area contributed by atoms with E-state index < -0.39 is 5.82 Å². The first kappa shape index (κ1) is 17.8. The molecule has 28 heavy (non-hydrogen) atoms. The molecule has 3 aromatic heterocycles. The lowest BCUT2D eigenvalue weighted by Gasteiger charge is -2.33. The Morgan fingerprint density at radius 1 is 1.39 bits per heavy atom. The van der Waals surface area contributed by atoms with Gasteiger partial charge in [-0.3, -0.25) is 9.78 Å². The SMILES string of the molecule is N#CCC(=O)N1CCC[C@@H](Nc2nc(-c3cnn4ccncc34)ncc2F)C1. The molecule has 3 aromatic rings. The van der Waals surface area contributed by atoms with Crippen molar-refractivity contribution in [1.29, 1.82) is 5.26 Å². The maximum Gasteiger partial charge on any atom is 0.236 e. The summed E-state index contributed by atoms with van der Waals surface area (Å²) in [5.74, 6) is -0.372. The molecule has 1 atom stereocenters. The highest BCUT2D eigenvalue weighted by atomic mass is 19.1. The fraction of sp³-hybridized carbons (Fsp3) is 0.333. The number of amides is 1. The van der Waals surface area contributed by atoms with Gasteiger partial charge >= 0.3 is 0 Å². The summed E-state index contributed by atoms with van der Waals surface area (Å²) in [4.78, 5) is 26.1. The molecule has 1 N–H and O–H groups in total. The molecule has 1 aliphatic heterocycles. The van der Waals surface area contributed by atoms with Crippen molar-refractivity contribution in [3.05, 3.63) is 36.8 Å². The van der Waals surface area contributed by atoms with Crippen molar-refractivity contribution in [2.75, 3.05) is 18.4 Å². The van der Waals surface area contributed by atoms with E-state index in [9.17, 15) is 9.18 Å². The van der Waals surface area contributed by atoms with E-state index in [1.54, 1.807) is 34.2 Å². The molecule has 1 fully saturated rings. The number of anilines is 1. The highest BCUT2D eigenvalue weighted by Crippen LogP contribution is 2.24. The van der Waals surface area contributed by atoms with Gasteiger partial charge in [-0.05, 0) is 12.8 Å². The topological polar surface area (TPSA) is 112 Å². The zero-order chi connectivity index (χ0) is 19.5. The van der Waals surface area contributed by atoms with E-state index in [1.807, 2.05) is 6.07 Å². The largest absolute Gasteiger partial charge is 0.363 e. The van der Waals surface area contributed by atoms with E-state index in [4.69, 9.17) is 5.26 Å². The highest BCUT2D eigenvalue weighted by molar-refractivity contribution is 5.78. The predicted octanol–water partition coefficient (Wildman–Crippen LogP) is 1.64. The molecule has 0 radical (unpaired) electrons. The zero-order valence-corrected chi connectivity index (χ0v) is 14.9. The lowest BCUT2D eigenvalue weighted by atomic mass is 10.1. The van der Waals surface area contributed by atoms with Crippen LogP contribution >= 0.6 is 0 Å². The number of fused-ring (bicyclic) bond motifs is 1. The van der Waals surface area contributed by atoms with Gasteiger partial charge in [0.15, 0.2) is 17.5 Å². The first-order valence-electron chi connectivity index (χ1n) is 8.87. The Balaban J connectivity index is 1.56. The number of nitriles is 1. The molecule has 0 bridgehead atoms. The predicted molar refractivity (Wildman–Crippen MR) is 97.4 cm³/mol. The number of hydrogen-bond donors (Lipinski definition) is 1. The van der Waals surface area contributed by atoms with E-state index in [2.05, 4.69) is 25.4 Å². The maximum absolute atomic E-state index is 14.3. The lowest BCUT2D eigenvalue weighted by Crippen LogP contribution is -2.45. The molecule has 10 heteroatoms. The van der Waals surface area contributed by atoms with Gasteiger partial charge < -0.3 is 10.2 Å². The second-order valence-electron chi connectivity index (χ2n) is 6.51. The summed E-state index contributed by atoms with van der Waals surface area (Å²) in [6, 6.07) is 1.72. The van der Waals surface area contributed by atoms with Gasteiger partial charge in [0.25, 0.3) is 0 Å². The van der Waals surface area contributed by atoms with Crippen LogP contribution in [-0.4, -0.2) is 54.5 Å². The summed E-state index contributed by atoms with van der Waals surface area (Å²) in [6.45, 7) is 1.01. The molecule has 0 unspecified atom stereocenters. The Morgan fingerprint density at radius 3 is 3.14 bits per heavy atom. The van der Waals surface area contributed by atoms with Gasteiger partial charge in [0, 0.05) is 31.5 Å². The Bertz CT molecular complexity index is 1060. The van der Waals surface area contributed by atoms with Crippen molar-refractivity contribution >= 4 is 17.2 Å². The van der Waals surface area contributed by atoms with Gasteiger partial charge in [-0.1, -0.05) is 0 Å². The Kier molecular flexibility index (Phi) is 4.80. The number of aromatic nitrogens is 5. The standard InChI is InChI=1S/C18H17FN8O/c19-14-9-22-17(13-8-23-27-7-5-21-10-15(13)27)25-18(14)24-12-2-1-6-26(11-12)16(28)3-4-20/h5,7-10,12H,1-3,6,11H2,(H,22,24,25)/t12-/m1/s1. The zero-order valence-electron chi connectivity index (χ0n) is 14.9. The van der Waals surface area contributed by atoms with Crippen LogP contribution < -0.4 is 5.32 Å². The first-order chi connectivity index (χ1) is 13.7. The maximum atomic E-state index is 14.3. The van der Waals surface area contributed by atoms with Crippen LogP contribution in [-0.2, 0) is 4.79 Å². The van der Waals surface area contributed by atoms with Crippen molar-refractivity contribution in [3.63, 3.8) is 0 Å². The molecule has 4 rings (SSSR count). The van der Waals surface area contributed by atoms with Crippen LogP contribution in [0.1, 0.15) is 19.3 Å². The fourth-order valence-corrected chi connectivity index (χ4v) is 3.30. The second-order valence-corrected chi connectivity index (χ2v) is 6.51. The van der Waals surface area contributed by atoms with E-state index in [0.29, 0.717) is 30.0 Å². The summed E-state index contributed by atoms with van der Waals surface area (Å²) >= 11 is 0. The van der Waals surface area contributed by atoms with Gasteiger partial charge in [0.1, 0.15) is 6.42 Å². The number of piperidine rings is 1. The Morgan fingerprint density at radius 2 is 2.29 bits per heavy atom. The molecular weight excluding hydrogens is 363 g/mol. The van der Waals surface area contributed by atoms with Crippen molar-refractivity contribution in [3.8, 4) is 17.5 Å². The number of halogens is 1. The average molecular weight is 380 g/mol. The highest BCUT2D eigenvalue weighted by Gasteiger charge is 2.24. The Hall–Kier alpha value is -3.61. The minimum absolute atomic E-state index is 0.0767. The van der Waals surface area contributed by atoms with E-state index in [-0.39, 0.29) is 24.2 Å².